The van der Waals surface area contributed by atoms with Gasteiger partial charge in [0.1, 0.15) is 0 Å². The number of benzene rings is 2. The largest absolute Gasteiger partial charge is 0.478 e. The highest BCUT2D eigenvalue weighted by Gasteiger charge is 2.32. The predicted molar refractivity (Wildman–Crippen MR) is 82.6 cm³/mol. The molecule has 23 heavy (non-hydrogen) atoms. The summed E-state index contributed by atoms with van der Waals surface area (Å²) >= 11 is 0. The van der Waals surface area contributed by atoms with Gasteiger partial charge < -0.3 is 10.2 Å². The van der Waals surface area contributed by atoms with Crippen LogP contribution in [0.3, 0.4) is 0 Å². The highest BCUT2D eigenvalue weighted by molar-refractivity contribution is 6.22. The molecule has 0 fully saturated rings. The maximum absolute atomic E-state index is 12.5. The molecule has 1 amide bonds. The van der Waals surface area contributed by atoms with E-state index in [0.29, 0.717) is 22.5 Å². The third kappa shape index (κ3) is 2.26. The number of fused-ring (bicyclic) bond motifs is 1. The summed E-state index contributed by atoms with van der Waals surface area (Å²) in [5.74, 6) is -2.47. The highest BCUT2D eigenvalue weighted by Crippen LogP contribution is 2.36. The summed E-state index contributed by atoms with van der Waals surface area (Å²) < 4.78 is 0. The maximum Gasteiger partial charge on any atom is 0.335 e. The number of hydrogen-bond donors (Lipinski definition) is 2. The molecule has 0 atom stereocenters. The van der Waals surface area contributed by atoms with Gasteiger partial charge in [0.2, 0.25) is 0 Å². The van der Waals surface area contributed by atoms with E-state index in [1.54, 1.807) is 0 Å². The van der Waals surface area contributed by atoms with Crippen molar-refractivity contribution in [2.45, 2.75) is 0 Å². The van der Waals surface area contributed by atoms with E-state index in [0.717, 1.165) is 0 Å². The normalized spacial score (nSPS) is 13.1. The van der Waals surface area contributed by atoms with Gasteiger partial charge in [-0.25, -0.2) is 9.59 Å². The molecule has 1 aliphatic rings. The van der Waals surface area contributed by atoms with E-state index in [2.05, 4.69) is 6.58 Å². The number of carboxylic acid groups (broad SMARTS) is 2. The molecule has 0 saturated carbocycles. The predicted octanol–water partition coefficient (Wildman–Crippen LogP) is 2.71. The third-order valence-electron chi connectivity index (χ3n) is 3.65. The second-order valence-electron chi connectivity index (χ2n) is 5.00. The van der Waals surface area contributed by atoms with Crippen LogP contribution in [-0.4, -0.2) is 28.1 Å². The molecule has 0 spiro atoms. The van der Waals surface area contributed by atoms with Gasteiger partial charge >= 0.3 is 11.9 Å². The van der Waals surface area contributed by atoms with Gasteiger partial charge in [-0.15, -0.1) is 0 Å². The van der Waals surface area contributed by atoms with Crippen LogP contribution < -0.4 is 4.90 Å². The summed E-state index contributed by atoms with van der Waals surface area (Å²) in [6.07, 6.45) is 0. The Balaban J connectivity index is 2.02. The summed E-state index contributed by atoms with van der Waals surface area (Å²) in [4.78, 5) is 35.8. The molecule has 6 heteroatoms. The molecule has 2 N–H and O–H groups in total. The molecule has 3 rings (SSSR count). The molecule has 0 aromatic heterocycles. The Morgan fingerprint density at radius 2 is 1.43 bits per heavy atom. The van der Waals surface area contributed by atoms with Gasteiger partial charge in [0, 0.05) is 16.8 Å². The molecular formula is C17H11NO5. The molecule has 2 aromatic carbocycles. The lowest BCUT2D eigenvalue weighted by atomic mass is 10.0. The van der Waals surface area contributed by atoms with Crippen molar-refractivity contribution >= 4 is 29.2 Å². The number of carboxylic acids is 2. The van der Waals surface area contributed by atoms with Crippen LogP contribution in [0, 0.1) is 0 Å². The Morgan fingerprint density at radius 3 is 2.00 bits per heavy atom. The molecule has 1 aliphatic heterocycles. The number of carbonyl (C=O) groups is 3. The van der Waals surface area contributed by atoms with E-state index in [9.17, 15) is 14.4 Å². The van der Waals surface area contributed by atoms with E-state index >= 15 is 0 Å². The molecule has 6 nitrogen and oxygen atoms in total. The Bertz CT molecular complexity index is 867. The van der Waals surface area contributed by atoms with Gasteiger partial charge in [-0.1, -0.05) is 6.58 Å². The topological polar surface area (TPSA) is 94.9 Å². The Kier molecular flexibility index (Phi) is 3.22. The Hall–Kier alpha value is -3.41. The summed E-state index contributed by atoms with van der Waals surface area (Å²) in [7, 11) is 0. The minimum absolute atomic E-state index is 0.0702. The monoisotopic (exact) mass is 309 g/mol. The zero-order valence-electron chi connectivity index (χ0n) is 11.8. The number of rotatable bonds is 3. The molecule has 0 aliphatic carbocycles. The van der Waals surface area contributed by atoms with Gasteiger partial charge in [-0.2, -0.15) is 0 Å². The molecule has 114 valence electrons. The van der Waals surface area contributed by atoms with Crippen LogP contribution in [0.25, 0.3) is 5.70 Å². The minimum Gasteiger partial charge on any atom is -0.478 e. The fourth-order valence-corrected chi connectivity index (χ4v) is 2.49. The van der Waals surface area contributed by atoms with Crippen molar-refractivity contribution in [2.24, 2.45) is 0 Å². The number of carbonyl (C=O) groups excluding carboxylic acids is 1. The van der Waals surface area contributed by atoms with Crippen molar-refractivity contribution in [1.82, 2.24) is 0 Å². The van der Waals surface area contributed by atoms with Crippen molar-refractivity contribution in [3.63, 3.8) is 0 Å². The van der Waals surface area contributed by atoms with Crippen molar-refractivity contribution in [2.75, 3.05) is 4.90 Å². The molecular weight excluding hydrogens is 298 g/mol. The Morgan fingerprint density at radius 1 is 0.870 bits per heavy atom. The molecule has 0 bridgehead atoms. The van der Waals surface area contributed by atoms with Crippen molar-refractivity contribution in [3.05, 3.63) is 71.3 Å². The summed E-state index contributed by atoms with van der Waals surface area (Å²) in [6.45, 7) is 3.86. The van der Waals surface area contributed by atoms with Crippen LogP contribution in [0.5, 0.6) is 0 Å². The zero-order valence-corrected chi connectivity index (χ0v) is 11.8. The summed E-state index contributed by atoms with van der Waals surface area (Å²) in [5, 5.41) is 18.0. The SMILES string of the molecule is C=C1c2cc(C(=O)O)ccc2C(=O)N1c1ccc(C(=O)O)cc1. The van der Waals surface area contributed by atoms with Crippen LogP contribution in [0.15, 0.2) is 49.0 Å². The zero-order chi connectivity index (χ0) is 16.7. The molecule has 0 unspecified atom stereocenters. The lowest BCUT2D eigenvalue weighted by molar-refractivity contribution is 0.0686. The first kappa shape index (κ1) is 14.5. The first-order chi connectivity index (χ1) is 10.9. The van der Waals surface area contributed by atoms with E-state index in [-0.39, 0.29) is 17.0 Å². The van der Waals surface area contributed by atoms with Gasteiger partial charge in [0.05, 0.1) is 16.8 Å². The maximum atomic E-state index is 12.5. The summed E-state index contributed by atoms with van der Waals surface area (Å²) in [6, 6.07) is 10.0. The second kappa shape index (κ2) is 5.10. The van der Waals surface area contributed by atoms with Crippen LogP contribution in [0.2, 0.25) is 0 Å². The summed E-state index contributed by atoms with van der Waals surface area (Å²) in [5.41, 5.74) is 1.83. The first-order valence-corrected chi connectivity index (χ1v) is 6.64. The highest BCUT2D eigenvalue weighted by atomic mass is 16.4. The molecule has 2 aromatic rings. The van der Waals surface area contributed by atoms with E-state index in [4.69, 9.17) is 10.2 Å². The van der Waals surface area contributed by atoms with Gasteiger partial charge in [0.15, 0.2) is 0 Å². The second-order valence-corrected chi connectivity index (χ2v) is 5.00. The molecule has 1 heterocycles. The lowest BCUT2D eigenvalue weighted by Crippen LogP contribution is -2.21. The van der Waals surface area contributed by atoms with Gasteiger partial charge in [0.25, 0.3) is 5.91 Å². The fourth-order valence-electron chi connectivity index (χ4n) is 2.49. The number of nitrogens with zero attached hydrogens (tertiary/aromatic N) is 1. The molecule has 0 radical (unpaired) electrons. The van der Waals surface area contributed by atoms with Gasteiger partial charge in [-0.3, -0.25) is 9.69 Å². The number of hydrogen-bond acceptors (Lipinski definition) is 3. The number of aromatic carboxylic acids is 2. The third-order valence-corrected chi connectivity index (χ3v) is 3.65. The first-order valence-electron chi connectivity index (χ1n) is 6.64. The lowest BCUT2D eigenvalue weighted by Gasteiger charge is -2.17. The van der Waals surface area contributed by atoms with E-state index in [1.165, 1.54) is 47.4 Å². The van der Waals surface area contributed by atoms with Crippen LogP contribution in [-0.2, 0) is 0 Å². The molecule has 0 saturated heterocycles. The van der Waals surface area contributed by atoms with Crippen LogP contribution >= 0.6 is 0 Å². The average molecular weight is 309 g/mol. The average Bonchev–Trinajstić information content (AvgIpc) is 2.78. The standard InChI is InChI=1S/C17H11NO5/c1-9-14-8-11(17(22)23)4-7-13(14)15(19)18(9)12-5-2-10(3-6-12)16(20)21/h2-8H,1H2,(H,20,21)(H,22,23). The minimum atomic E-state index is -1.09. The van der Waals surface area contributed by atoms with Crippen LogP contribution in [0.1, 0.15) is 36.6 Å². The Labute approximate surface area is 130 Å². The number of amides is 1. The van der Waals surface area contributed by atoms with E-state index < -0.39 is 11.9 Å². The smallest absolute Gasteiger partial charge is 0.335 e. The number of anilines is 1. The van der Waals surface area contributed by atoms with E-state index in [1.807, 2.05) is 0 Å². The van der Waals surface area contributed by atoms with Gasteiger partial charge in [-0.05, 0) is 42.5 Å². The fraction of sp³-hybridized carbons (Fsp3) is 0. The van der Waals surface area contributed by atoms with Crippen molar-refractivity contribution in [1.29, 1.82) is 0 Å². The van der Waals surface area contributed by atoms with Crippen LogP contribution in [0.4, 0.5) is 5.69 Å². The van der Waals surface area contributed by atoms with Crippen molar-refractivity contribution < 1.29 is 24.6 Å². The van der Waals surface area contributed by atoms with Crippen molar-refractivity contribution in [3.8, 4) is 0 Å². The quantitative estimate of drug-likeness (QED) is 0.909.